The minimum Gasteiger partial charge on any atom is -0.346 e. The first-order valence-electron chi connectivity index (χ1n) is 5.67. The number of anilines is 1. The molecule has 2 unspecified atom stereocenters. The second-order valence-corrected chi connectivity index (χ2v) is 4.61. The number of aromatic nitrogens is 2. The van der Waals surface area contributed by atoms with E-state index in [4.69, 9.17) is 5.73 Å². The van der Waals surface area contributed by atoms with Crippen molar-refractivity contribution in [2.24, 2.45) is 18.7 Å². The number of hydrogen-bond acceptors (Lipinski definition) is 5. The molecule has 0 bridgehead atoms. The number of aryl methyl sites for hydroxylation is 1. The first-order chi connectivity index (χ1) is 8.02. The van der Waals surface area contributed by atoms with Crippen LogP contribution in [-0.2, 0) is 7.05 Å². The Morgan fingerprint density at radius 1 is 1.71 bits per heavy atom. The molecule has 1 aliphatic heterocycles. The van der Waals surface area contributed by atoms with E-state index in [0.717, 1.165) is 13.0 Å². The van der Waals surface area contributed by atoms with Gasteiger partial charge in [0.15, 0.2) is 0 Å². The second kappa shape index (κ2) is 4.33. The van der Waals surface area contributed by atoms with Crippen molar-refractivity contribution in [2.45, 2.75) is 19.4 Å². The second-order valence-electron chi connectivity index (χ2n) is 4.61. The van der Waals surface area contributed by atoms with Crippen LogP contribution < -0.4 is 10.6 Å². The predicted octanol–water partition coefficient (Wildman–Crippen LogP) is 0.502. The fraction of sp³-hybridized carbons (Fsp3) is 0.700. The highest BCUT2D eigenvalue weighted by molar-refractivity contribution is 5.58. The van der Waals surface area contributed by atoms with E-state index >= 15 is 0 Å². The van der Waals surface area contributed by atoms with Gasteiger partial charge >= 0.3 is 5.69 Å². The van der Waals surface area contributed by atoms with Crippen molar-refractivity contribution < 1.29 is 4.92 Å². The molecule has 1 saturated heterocycles. The van der Waals surface area contributed by atoms with Gasteiger partial charge in [-0.25, -0.2) is 0 Å². The van der Waals surface area contributed by atoms with Gasteiger partial charge in [-0.15, -0.1) is 5.10 Å². The highest BCUT2D eigenvalue weighted by Gasteiger charge is 2.34. The topological polar surface area (TPSA) is 90.2 Å². The molecule has 0 aliphatic carbocycles. The molecule has 2 heterocycles. The maximum Gasteiger partial charge on any atom is 0.330 e. The lowest BCUT2D eigenvalue weighted by Gasteiger charge is -2.19. The molecule has 0 saturated carbocycles. The normalized spacial score (nSPS) is 24.3. The van der Waals surface area contributed by atoms with Crippen LogP contribution in [0.5, 0.6) is 0 Å². The molecule has 0 amide bonds. The third-order valence-electron chi connectivity index (χ3n) is 3.25. The van der Waals surface area contributed by atoms with Crippen LogP contribution in [0, 0.1) is 16.0 Å². The average Bonchev–Trinajstić information content (AvgIpc) is 2.81. The van der Waals surface area contributed by atoms with Crippen LogP contribution >= 0.6 is 0 Å². The summed E-state index contributed by atoms with van der Waals surface area (Å²) in [6.45, 7) is 3.41. The Morgan fingerprint density at radius 3 is 2.94 bits per heavy atom. The van der Waals surface area contributed by atoms with Crippen molar-refractivity contribution in [3.05, 3.63) is 16.3 Å². The summed E-state index contributed by atoms with van der Waals surface area (Å²) in [5, 5.41) is 15.1. The van der Waals surface area contributed by atoms with Crippen molar-refractivity contribution >= 4 is 11.5 Å². The number of hydrogen-bond donors (Lipinski definition) is 1. The standard InChI is InChI=1S/C10H17N5O2/c1-7-3-8(4-11)5-14(7)10-9(15(16)17)6-13(2)12-10/h6-8H,3-5,11H2,1-2H3. The van der Waals surface area contributed by atoms with E-state index in [2.05, 4.69) is 5.10 Å². The first kappa shape index (κ1) is 11.8. The van der Waals surface area contributed by atoms with Gasteiger partial charge in [0, 0.05) is 19.6 Å². The number of rotatable bonds is 3. The van der Waals surface area contributed by atoms with E-state index in [-0.39, 0.29) is 16.7 Å². The highest BCUT2D eigenvalue weighted by atomic mass is 16.6. The summed E-state index contributed by atoms with van der Waals surface area (Å²) >= 11 is 0. The molecule has 7 nitrogen and oxygen atoms in total. The molecule has 1 aromatic heterocycles. The van der Waals surface area contributed by atoms with Crippen molar-refractivity contribution in [2.75, 3.05) is 18.0 Å². The molecule has 2 N–H and O–H groups in total. The summed E-state index contributed by atoms with van der Waals surface area (Å²) in [6, 6.07) is 0.247. The summed E-state index contributed by atoms with van der Waals surface area (Å²) in [4.78, 5) is 12.5. The van der Waals surface area contributed by atoms with Crippen molar-refractivity contribution in [3.63, 3.8) is 0 Å². The van der Waals surface area contributed by atoms with Crippen LogP contribution in [0.2, 0.25) is 0 Å². The first-order valence-corrected chi connectivity index (χ1v) is 5.67. The van der Waals surface area contributed by atoms with Crippen LogP contribution in [0.1, 0.15) is 13.3 Å². The lowest BCUT2D eigenvalue weighted by atomic mass is 10.1. The summed E-state index contributed by atoms with van der Waals surface area (Å²) in [5.41, 5.74) is 5.72. The van der Waals surface area contributed by atoms with E-state index < -0.39 is 0 Å². The predicted molar refractivity (Wildman–Crippen MR) is 63.8 cm³/mol. The zero-order valence-corrected chi connectivity index (χ0v) is 10.0. The Balaban J connectivity index is 2.31. The summed E-state index contributed by atoms with van der Waals surface area (Å²) in [5.74, 6) is 0.854. The Bertz CT molecular complexity index is 430. The number of nitro groups is 1. The van der Waals surface area contributed by atoms with Gasteiger partial charge < -0.3 is 10.6 Å². The lowest BCUT2D eigenvalue weighted by molar-refractivity contribution is -0.384. The molecule has 17 heavy (non-hydrogen) atoms. The van der Waals surface area contributed by atoms with Crippen molar-refractivity contribution in [1.82, 2.24) is 9.78 Å². The van der Waals surface area contributed by atoms with E-state index in [0.29, 0.717) is 18.3 Å². The molecule has 2 atom stereocenters. The van der Waals surface area contributed by atoms with Gasteiger partial charge in [-0.3, -0.25) is 14.8 Å². The van der Waals surface area contributed by atoms with Gasteiger partial charge in [0.1, 0.15) is 6.20 Å². The largest absolute Gasteiger partial charge is 0.346 e. The highest BCUT2D eigenvalue weighted by Crippen LogP contribution is 2.33. The molecular formula is C10H17N5O2. The molecule has 1 fully saturated rings. The van der Waals surface area contributed by atoms with Crippen LogP contribution in [0.25, 0.3) is 0 Å². The molecular weight excluding hydrogens is 222 g/mol. The maximum atomic E-state index is 11.0. The number of nitrogens with zero attached hydrogens (tertiary/aromatic N) is 4. The van der Waals surface area contributed by atoms with Gasteiger partial charge in [-0.1, -0.05) is 0 Å². The van der Waals surface area contributed by atoms with Gasteiger partial charge in [0.2, 0.25) is 5.82 Å². The Hall–Kier alpha value is -1.63. The van der Waals surface area contributed by atoms with Crippen LogP contribution in [0.3, 0.4) is 0 Å². The summed E-state index contributed by atoms with van der Waals surface area (Å²) in [7, 11) is 1.69. The molecule has 0 aromatic carbocycles. The van der Waals surface area contributed by atoms with E-state index in [1.807, 2.05) is 11.8 Å². The zero-order valence-electron chi connectivity index (χ0n) is 10.0. The molecule has 2 rings (SSSR count). The molecule has 7 heteroatoms. The van der Waals surface area contributed by atoms with E-state index in [9.17, 15) is 10.1 Å². The fourth-order valence-corrected chi connectivity index (χ4v) is 2.41. The zero-order chi connectivity index (χ0) is 12.6. The Labute approximate surface area is 99.3 Å². The van der Waals surface area contributed by atoms with Crippen LogP contribution in [-0.4, -0.2) is 33.8 Å². The van der Waals surface area contributed by atoms with E-state index in [1.54, 1.807) is 7.05 Å². The minimum atomic E-state index is -0.384. The molecule has 1 aromatic rings. The lowest BCUT2D eigenvalue weighted by Crippen LogP contribution is -2.28. The van der Waals surface area contributed by atoms with Gasteiger partial charge in [-0.2, -0.15) is 0 Å². The molecule has 0 spiro atoms. The minimum absolute atomic E-state index is 0.0667. The van der Waals surface area contributed by atoms with Crippen LogP contribution in [0.15, 0.2) is 6.20 Å². The Kier molecular flexibility index (Phi) is 3.01. The summed E-state index contributed by atoms with van der Waals surface area (Å²) in [6.07, 6.45) is 2.40. The molecule has 94 valence electrons. The number of nitrogens with two attached hydrogens (primary N) is 1. The quantitative estimate of drug-likeness (QED) is 0.612. The molecule has 1 aliphatic rings. The summed E-state index contributed by atoms with van der Waals surface area (Å²) < 4.78 is 1.48. The van der Waals surface area contributed by atoms with Crippen LogP contribution in [0.4, 0.5) is 11.5 Å². The average molecular weight is 239 g/mol. The monoisotopic (exact) mass is 239 g/mol. The smallest absolute Gasteiger partial charge is 0.330 e. The van der Waals surface area contributed by atoms with Crippen molar-refractivity contribution in [3.8, 4) is 0 Å². The van der Waals surface area contributed by atoms with Gasteiger partial charge in [0.25, 0.3) is 0 Å². The Morgan fingerprint density at radius 2 is 2.41 bits per heavy atom. The fourth-order valence-electron chi connectivity index (χ4n) is 2.41. The third-order valence-corrected chi connectivity index (χ3v) is 3.25. The third kappa shape index (κ3) is 2.10. The van der Waals surface area contributed by atoms with Gasteiger partial charge in [-0.05, 0) is 25.8 Å². The van der Waals surface area contributed by atoms with E-state index in [1.165, 1.54) is 10.9 Å². The maximum absolute atomic E-state index is 11.0. The van der Waals surface area contributed by atoms with Gasteiger partial charge in [0.05, 0.1) is 4.92 Å². The molecule has 0 radical (unpaired) electrons. The van der Waals surface area contributed by atoms with Crippen molar-refractivity contribution in [1.29, 1.82) is 0 Å². The SMILES string of the molecule is CC1CC(CN)CN1c1nn(C)cc1[N+](=O)[O-].